The lowest BCUT2D eigenvalue weighted by Crippen LogP contribution is -2.57. The highest BCUT2D eigenvalue weighted by molar-refractivity contribution is 6.30. The van der Waals surface area contributed by atoms with Crippen LogP contribution in [-0.4, -0.2) is 29.2 Å². The summed E-state index contributed by atoms with van der Waals surface area (Å²) in [4.78, 5) is 19.2. The lowest BCUT2D eigenvalue weighted by Gasteiger charge is -2.44. The number of rotatable bonds is 4. The third kappa shape index (κ3) is 2.98. The van der Waals surface area contributed by atoms with Crippen molar-refractivity contribution < 1.29 is 14.6 Å². The second-order valence-corrected chi connectivity index (χ2v) is 7.13. The number of carbonyl (C=O) groups excluding carboxylic acids is 1. The quantitative estimate of drug-likeness (QED) is 0.735. The Kier molecular flexibility index (Phi) is 4.89. The number of carbonyl (C=O) groups is 1. The van der Waals surface area contributed by atoms with Crippen LogP contribution >= 0.6 is 11.6 Å². The molecular formula is C22H19ClN2O3. The molecule has 3 aromatic rings. The van der Waals surface area contributed by atoms with Crippen LogP contribution in [0.4, 0.5) is 5.69 Å². The number of aromatic nitrogens is 1. The first-order valence-corrected chi connectivity index (χ1v) is 9.24. The molecule has 4 rings (SSSR count). The summed E-state index contributed by atoms with van der Waals surface area (Å²) < 4.78 is 5.53. The predicted molar refractivity (Wildman–Crippen MR) is 107 cm³/mol. The normalized spacial score (nSPS) is 21.5. The molecule has 0 saturated carbocycles. The second kappa shape index (κ2) is 7.36. The van der Waals surface area contributed by atoms with E-state index in [1.807, 2.05) is 36.4 Å². The van der Waals surface area contributed by atoms with Crippen molar-refractivity contribution in [2.75, 3.05) is 12.0 Å². The zero-order valence-electron chi connectivity index (χ0n) is 15.2. The number of hydrogen-bond donors (Lipinski definition) is 1. The monoisotopic (exact) mass is 394 g/mol. The minimum Gasteiger partial charge on any atom is -0.377 e. The van der Waals surface area contributed by atoms with Crippen LogP contribution in [0.3, 0.4) is 0 Å². The van der Waals surface area contributed by atoms with Gasteiger partial charge in [-0.25, -0.2) is 0 Å². The first-order valence-electron chi connectivity index (χ1n) is 8.86. The molecule has 0 saturated heterocycles. The Morgan fingerprint density at radius 1 is 1.18 bits per heavy atom. The summed E-state index contributed by atoms with van der Waals surface area (Å²) in [6, 6.07) is 18.1. The molecule has 2 aromatic carbocycles. The summed E-state index contributed by atoms with van der Waals surface area (Å²) in [6.07, 6.45) is 2.09. The van der Waals surface area contributed by atoms with E-state index in [0.717, 1.165) is 5.56 Å². The van der Waals surface area contributed by atoms with Crippen molar-refractivity contribution in [2.45, 2.75) is 18.2 Å². The van der Waals surface area contributed by atoms with Crippen molar-refractivity contribution in [3.8, 4) is 0 Å². The average Bonchev–Trinajstić information content (AvgIpc) is 2.72. The summed E-state index contributed by atoms with van der Waals surface area (Å²) in [5, 5.41) is 12.3. The summed E-state index contributed by atoms with van der Waals surface area (Å²) in [5.74, 6) is -0.326. The highest BCUT2D eigenvalue weighted by Gasteiger charge is 2.52. The fourth-order valence-corrected chi connectivity index (χ4v) is 3.96. The summed E-state index contributed by atoms with van der Waals surface area (Å²) in [5.41, 5.74) is 0.936. The van der Waals surface area contributed by atoms with Crippen LogP contribution in [0.5, 0.6) is 0 Å². The summed E-state index contributed by atoms with van der Waals surface area (Å²) >= 11 is 6.10. The van der Waals surface area contributed by atoms with E-state index in [9.17, 15) is 9.90 Å². The van der Waals surface area contributed by atoms with E-state index < -0.39 is 11.7 Å². The van der Waals surface area contributed by atoms with Gasteiger partial charge in [0.05, 0.1) is 12.2 Å². The Labute approximate surface area is 168 Å². The minimum atomic E-state index is -1.64. The van der Waals surface area contributed by atoms with Crippen LogP contribution in [0.1, 0.15) is 16.7 Å². The number of benzene rings is 2. The van der Waals surface area contributed by atoms with Crippen molar-refractivity contribution >= 4 is 23.2 Å². The maximum Gasteiger partial charge on any atom is 0.260 e. The topological polar surface area (TPSA) is 62.7 Å². The molecule has 0 bridgehead atoms. The van der Waals surface area contributed by atoms with E-state index in [2.05, 4.69) is 4.98 Å². The highest BCUT2D eigenvalue weighted by atomic mass is 35.5. The van der Waals surface area contributed by atoms with Crippen LogP contribution < -0.4 is 4.90 Å². The fourth-order valence-electron chi connectivity index (χ4n) is 3.75. The average molecular weight is 395 g/mol. The van der Waals surface area contributed by atoms with Gasteiger partial charge in [-0.2, -0.15) is 0 Å². The molecule has 2 unspecified atom stereocenters. The third-order valence-electron chi connectivity index (χ3n) is 5.05. The number of hydrogen-bond acceptors (Lipinski definition) is 4. The Bertz CT molecular complexity index is 1010. The third-order valence-corrected chi connectivity index (χ3v) is 5.28. The van der Waals surface area contributed by atoms with Gasteiger partial charge in [0.15, 0.2) is 11.7 Å². The number of pyridine rings is 1. The molecule has 2 atom stereocenters. The first-order chi connectivity index (χ1) is 13.6. The van der Waals surface area contributed by atoms with Crippen molar-refractivity contribution in [1.82, 2.24) is 4.98 Å². The van der Waals surface area contributed by atoms with Crippen molar-refractivity contribution in [3.63, 3.8) is 0 Å². The summed E-state index contributed by atoms with van der Waals surface area (Å²) in [7, 11) is 1.43. The number of aliphatic hydroxyl groups is 1. The molecule has 0 spiro atoms. The van der Waals surface area contributed by atoms with Crippen molar-refractivity contribution in [3.05, 3.63) is 94.8 Å². The maximum atomic E-state index is 13.4. The van der Waals surface area contributed by atoms with E-state index in [4.69, 9.17) is 16.3 Å². The number of ether oxygens (including phenoxy) is 1. The minimum absolute atomic E-state index is 0.307. The number of fused-ring (bicyclic) bond motifs is 1. The molecule has 142 valence electrons. The molecule has 0 fully saturated rings. The number of nitrogens with zero attached hydrogens (tertiary/aromatic N) is 2. The van der Waals surface area contributed by atoms with E-state index in [0.29, 0.717) is 28.4 Å². The van der Waals surface area contributed by atoms with Gasteiger partial charge in [-0.15, -0.1) is 0 Å². The molecular weight excluding hydrogens is 376 g/mol. The zero-order chi connectivity index (χ0) is 19.7. The molecule has 6 heteroatoms. The summed E-state index contributed by atoms with van der Waals surface area (Å²) in [6.45, 7) is 0.307. The smallest absolute Gasteiger partial charge is 0.260 e. The van der Waals surface area contributed by atoms with E-state index >= 15 is 0 Å². The maximum absolute atomic E-state index is 13.4. The van der Waals surface area contributed by atoms with Crippen molar-refractivity contribution in [1.29, 1.82) is 0 Å². The van der Waals surface area contributed by atoms with Crippen LogP contribution in [0.25, 0.3) is 0 Å². The number of anilines is 1. The van der Waals surface area contributed by atoms with Gasteiger partial charge in [-0.05, 0) is 29.3 Å². The largest absolute Gasteiger partial charge is 0.377 e. The number of amides is 1. The fraction of sp³-hybridized carbons (Fsp3) is 0.182. The Balaban J connectivity index is 1.87. The van der Waals surface area contributed by atoms with E-state index in [-0.39, 0.29) is 5.91 Å². The van der Waals surface area contributed by atoms with Crippen molar-refractivity contribution in [2.24, 2.45) is 0 Å². The van der Waals surface area contributed by atoms with Crippen LogP contribution in [-0.2, 0) is 21.7 Å². The lowest BCUT2D eigenvalue weighted by atomic mass is 9.78. The number of halogens is 1. The zero-order valence-corrected chi connectivity index (χ0v) is 16.0. The molecule has 1 aromatic heterocycles. The molecule has 2 heterocycles. The van der Waals surface area contributed by atoms with Gasteiger partial charge in [0.2, 0.25) is 0 Å². The molecule has 0 radical (unpaired) electrons. The van der Waals surface area contributed by atoms with Gasteiger partial charge in [0, 0.05) is 30.1 Å². The molecule has 1 aliphatic heterocycles. The van der Waals surface area contributed by atoms with E-state index in [1.54, 1.807) is 41.6 Å². The Morgan fingerprint density at radius 3 is 2.68 bits per heavy atom. The molecule has 0 aliphatic carbocycles. The number of methoxy groups -OCH3 is 1. The van der Waals surface area contributed by atoms with Gasteiger partial charge in [0.25, 0.3) is 5.91 Å². The molecule has 1 aliphatic rings. The second-order valence-electron chi connectivity index (χ2n) is 6.70. The molecule has 28 heavy (non-hydrogen) atoms. The Morgan fingerprint density at radius 2 is 1.96 bits per heavy atom. The Hall–Kier alpha value is -2.73. The highest BCUT2D eigenvalue weighted by Crippen LogP contribution is 2.44. The SMILES string of the molecule is COC1C(=O)N(Cc2cccc(Cl)c2)c2ccncc2C1(O)c1ccccc1. The van der Waals surface area contributed by atoms with Crippen LogP contribution in [0.2, 0.25) is 5.02 Å². The molecule has 1 N–H and O–H groups in total. The van der Waals surface area contributed by atoms with E-state index in [1.165, 1.54) is 7.11 Å². The lowest BCUT2D eigenvalue weighted by molar-refractivity contribution is -0.145. The van der Waals surface area contributed by atoms with Gasteiger partial charge in [0.1, 0.15) is 0 Å². The predicted octanol–water partition coefficient (Wildman–Crippen LogP) is 3.53. The first kappa shape index (κ1) is 18.6. The van der Waals surface area contributed by atoms with Gasteiger partial charge in [-0.3, -0.25) is 9.78 Å². The van der Waals surface area contributed by atoms with Gasteiger partial charge < -0.3 is 14.7 Å². The van der Waals surface area contributed by atoms with Crippen LogP contribution in [0.15, 0.2) is 73.1 Å². The standard InChI is InChI=1S/C22H19ClN2O3/c1-28-20-21(26)25(14-15-6-5-9-17(23)12-15)19-10-11-24-13-18(19)22(20,27)16-7-3-2-4-8-16/h2-13,20,27H,14H2,1H3. The molecule has 5 nitrogen and oxygen atoms in total. The van der Waals surface area contributed by atoms with Gasteiger partial charge >= 0.3 is 0 Å². The van der Waals surface area contributed by atoms with Crippen LogP contribution in [0, 0.1) is 0 Å². The molecule has 1 amide bonds. The van der Waals surface area contributed by atoms with Gasteiger partial charge in [-0.1, -0.05) is 54.1 Å².